The predicted molar refractivity (Wildman–Crippen MR) is 110 cm³/mol. The molecule has 27 heavy (non-hydrogen) atoms. The molecule has 0 saturated carbocycles. The summed E-state index contributed by atoms with van der Waals surface area (Å²) in [5.74, 6) is 0.186. The van der Waals surface area contributed by atoms with E-state index >= 15 is 0 Å². The zero-order chi connectivity index (χ0) is 19.1. The monoisotopic (exact) mass is 385 g/mol. The fourth-order valence-corrected chi connectivity index (χ4v) is 3.08. The van der Waals surface area contributed by atoms with Crippen LogP contribution in [0.4, 0.5) is 5.69 Å². The van der Waals surface area contributed by atoms with Gasteiger partial charge >= 0.3 is 0 Å². The summed E-state index contributed by atoms with van der Waals surface area (Å²) in [6.45, 7) is 3.38. The van der Waals surface area contributed by atoms with Gasteiger partial charge in [0.15, 0.2) is 0 Å². The first-order chi connectivity index (χ1) is 13.2. The number of carbonyl (C=O) groups excluding carboxylic acids is 1. The van der Waals surface area contributed by atoms with Gasteiger partial charge in [-0.3, -0.25) is 10.1 Å². The van der Waals surface area contributed by atoms with Crippen LogP contribution in [-0.4, -0.2) is 31.1 Å². The molecule has 1 aliphatic heterocycles. The molecular weight excluding hydrogens is 362 g/mol. The van der Waals surface area contributed by atoms with Gasteiger partial charge in [0.2, 0.25) is 5.96 Å². The second-order valence-electron chi connectivity index (χ2n) is 6.42. The number of aliphatic imine (C=N–C) groups is 1. The molecule has 0 aliphatic carbocycles. The van der Waals surface area contributed by atoms with Crippen molar-refractivity contribution in [2.45, 2.75) is 32.3 Å². The second kappa shape index (κ2) is 9.53. The smallest absolute Gasteiger partial charge is 0.257 e. The van der Waals surface area contributed by atoms with Crippen LogP contribution in [0.1, 0.15) is 35.7 Å². The number of ether oxygens (including phenoxy) is 1. The molecule has 3 rings (SSSR count). The number of guanidine groups is 1. The van der Waals surface area contributed by atoms with Crippen molar-refractivity contribution in [2.75, 3.05) is 18.5 Å². The van der Waals surface area contributed by atoms with Crippen LogP contribution in [0.3, 0.4) is 0 Å². The van der Waals surface area contributed by atoms with Gasteiger partial charge in [-0.2, -0.15) is 0 Å². The van der Waals surface area contributed by atoms with Gasteiger partial charge in [-0.15, -0.1) is 0 Å². The molecule has 1 saturated heterocycles. The molecule has 0 bridgehead atoms. The number of amides is 1. The number of aryl methyl sites for hydroxylation is 1. The van der Waals surface area contributed by atoms with Crippen LogP contribution < -0.4 is 10.6 Å². The minimum absolute atomic E-state index is 0.107. The van der Waals surface area contributed by atoms with E-state index in [0.29, 0.717) is 23.1 Å². The summed E-state index contributed by atoms with van der Waals surface area (Å²) in [5, 5.41) is 6.74. The van der Waals surface area contributed by atoms with Gasteiger partial charge in [-0.05, 0) is 55.2 Å². The van der Waals surface area contributed by atoms with Gasteiger partial charge < -0.3 is 10.1 Å². The highest BCUT2D eigenvalue weighted by molar-refractivity contribution is 6.30. The minimum atomic E-state index is -0.237. The van der Waals surface area contributed by atoms with Crippen molar-refractivity contribution in [3.63, 3.8) is 0 Å². The van der Waals surface area contributed by atoms with Crippen LogP contribution in [0.2, 0.25) is 5.02 Å². The largest absolute Gasteiger partial charge is 0.376 e. The fourth-order valence-electron chi connectivity index (χ4n) is 2.95. The van der Waals surface area contributed by atoms with Gasteiger partial charge in [-0.25, -0.2) is 4.99 Å². The maximum Gasteiger partial charge on any atom is 0.257 e. The molecule has 6 heteroatoms. The molecule has 0 radical (unpaired) electrons. The molecule has 1 amide bonds. The average molecular weight is 386 g/mol. The summed E-state index contributed by atoms with van der Waals surface area (Å²) in [7, 11) is 0. The third-order valence-electron chi connectivity index (χ3n) is 4.47. The molecular formula is C21H24ClN3O2. The Morgan fingerprint density at radius 3 is 2.70 bits per heavy atom. The fraction of sp³-hybridized carbons (Fsp3) is 0.333. The number of nitrogens with one attached hydrogen (secondary N) is 2. The van der Waals surface area contributed by atoms with Crippen molar-refractivity contribution >= 4 is 29.2 Å². The van der Waals surface area contributed by atoms with Gasteiger partial charge in [0, 0.05) is 22.9 Å². The molecule has 5 nitrogen and oxygen atoms in total. The lowest BCUT2D eigenvalue weighted by Gasteiger charge is -2.15. The molecule has 2 aromatic carbocycles. The van der Waals surface area contributed by atoms with Crippen LogP contribution in [0.5, 0.6) is 0 Å². The van der Waals surface area contributed by atoms with Crippen molar-refractivity contribution in [2.24, 2.45) is 4.99 Å². The lowest BCUT2D eigenvalue weighted by atomic mass is 10.1. The first-order valence-corrected chi connectivity index (χ1v) is 9.61. The number of hydrogen-bond donors (Lipinski definition) is 2. The highest BCUT2D eigenvalue weighted by Crippen LogP contribution is 2.16. The van der Waals surface area contributed by atoms with E-state index in [1.54, 1.807) is 24.3 Å². The van der Waals surface area contributed by atoms with Gasteiger partial charge in [0.25, 0.3) is 5.91 Å². The van der Waals surface area contributed by atoms with Gasteiger partial charge in [-0.1, -0.05) is 36.7 Å². The maximum atomic E-state index is 12.6. The molecule has 1 aliphatic rings. The number of halogens is 1. The minimum Gasteiger partial charge on any atom is -0.376 e. The lowest BCUT2D eigenvalue weighted by Crippen LogP contribution is -2.37. The van der Waals surface area contributed by atoms with Crippen LogP contribution in [0.15, 0.2) is 53.5 Å². The number of nitrogens with zero attached hydrogens (tertiary/aromatic N) is 1. The summed E-state index contributed by atoms with van der Waals surface area (Å²) in [4.78, 5) is 17.2. The Hall–Kier alpha value is -2.37. The van der Waals surface area contributed by atoms with E-state index < -0.39 is 0 Å². The number of anilines is 1. The summed E-state index contributed by atoms with van der Waals surface area (Å²) < 4.78 is 5.64. The van der Waals surface area contributed by atoms with Crippen molar-refractivity contribution in [3.05, 3.63) is 64.7 Å². The highest BCUT2D eigenvalue weighted by atomic mass is 35.5. The van der Waals surface area contributed by atoms with E-state index in [4.69, 9.17) is 16.3 Å². The van der Waals surface area contributed by atoms with Crippen molar-refractivity contribution in [1.82, 2.24) is 5.32 Å². The highest BCUT2D eigenvalue weighted by Gasteiger charge is 2.16. The van der Waals surface area contributed by atoms with Crippen LogP contribution >= 0.6 is 11.6 Å². The molecule has 1 heterocycles. The topological polar surface area (TPSA) is 62.7 Å². The van der Waals surface area contributed by atoms with E-state index in [1.807, 2.05) is 18.2 Å². The number of carbonyl (C=O) groups is 1. The van der Waals surface area contributed by atoms with E-state index in [0.717, 1.165) is 37.1 Å². The number of para-hydroxylation sites is 1. The Labute approximate surface area is 164 Å². The number of benzene rings is 2. The van der Waals surface area contributed by atoms with Crippen molar-refractivity contribution in [3.8, 4) is 0 Å². The van der Waals surface area contributed by atoms with Gasteiger partial charge in [0.05, 0.1) is 12.6 Å². The molecule has 2 aromatic rings. The summed E-state index contributed by atoms with van der Waals surface area (Å²) in [6.07, 6.45) is 3.04. The second-order valence-corrected chi connectivity index (χ2v) is 6.86. The zero-order valence-electron chi connectivity index (χ0n) is 15.4. The predicted octanol–water partition coefficient (Wildman–Crippen LogP) is 4.28. The number of hydrogen-bond acceptors (Lipinski definition) is 3. The molecule has 1 atom stereocenters. The standard InChI is InChI=1S/C21H24ClN3O2/c1-2-15-6-3-4-8-19(15)24-21(23-14-18-7-5-13-27-18)25-20(26)16-9-11-17(22)12-10-16/h3-4,6,8-12,18H,2,5,7,13-14H2,1H3,(H2,23,24,25,26). The summed E-state index contributed by atoms with van der Waals surface area (Å²) >= 11 is 5.90. The summed E-state index contributed by atoms with van der Waals surface area (Å²) in [6, 6.07) is 14.8. The van der Waals surface area contributed by atoms with Crippen molar-refractivity contribution < 1.29 is 9.53 Å². The summed E-state index contributed by atoms with van der Waals surface area (Å²) in [5.41, 5.74) is 2.61. The molecule has 0 aromatic heterocycles. The average Bonchev–Trinajstić information content (AvgIpc) is 3.20. The van der Waals surface area contributed by atoms with E-state index in [1.165, 1.54) is 0 Å². The van der Waals surface area contributed by atoms with Crippen LogP contribution in [0.25, 0.3) is 0 Å². The van der Waals surface area contributed by atoms with Crippen molar-refractivity contribution in [1.29, 1.82) is 0 Å². The number of rotatable bonds is 5. The SMILES string of the molecule is CCc1ccccc1NC(=NCC1CCCO1)NC(=O)c1ccc(Cl)cc1. The first-order valence-electron chi connectivity index (χ1n) is 9.23. The molecule has 1 unspecified atom stereocenters. The zero-order valence-corrected chi connectivity index (χ0v) is 16.1. The van der Waals surface area contributed by atoms with E-state index in [2.05, 4.69) is 28.6 Å². The Bertz CT molecular complexity index is 799. The third-order valence-corrected chi connectivity index (χ3v) is 4.72. The Kier molecular flexibility index (Phi) is 6.85. The molecule has 2 N–H and O–H groups in total. The van der Waals surface area contributed by atoms with E-state index in [9.17, 15) is 4.79 Å². The normalized spacial score (nSPS) is 17.0. The molecule has 0 spiro atoms. The Morgan fingerprint density at radius 1 is 1.22 bits per heavy atom. The Balaban J connectivity index is 1.77. The Morgan fingerprint density at radius 2 is 2.00 bits per heavy atom. The lowest BCUT2D eigenvalue weighted by molar-refractivity contribution is 0.0975. The quantitative estimate of drug-likeness (QED) is 0.596. The van der Waals surface area contributed by atoms with Crippen LogP contribution in [0, 0.1) is 0 Å². The molecule has 142 valence electrons. The first kappa shape index (κ1) is 19.4. The van der Waals surface area contributed by atoms with Gasteiger partial charge in [0.1, 0.15) is 0 Å². The maximum absolute atomic E-state index is 12.6. The third kappa shape index (κ3) is 5.55. The van der Waals surface area contributed by atoms with Crippen LogP contribution in [-0.2, 0) is 11.2 Å². The molecule has 1 fully saturated rings. The van der Waals surface area contributed by atoms with E-state index in [-0.39, 0.29) is 12.0 Å².